The van der Waals surface area contributed by atoms with Crippen molar-refractivity contribution < 1.29 is 24.8 Å². The van der Waals surface area contributed by atoms with Gasteiger partial charge in [-0.2, -0.15) is 0 Å². The molecule has 5 heteroatoms. The summed E-state index contributed by atoms with van der Waals surface area (Å²) < 4.78 is 11.0. The van der Waals surface area contributed by atoms with E-state index in [1.165, 1.54) is 64.2 Å². The van der Waals surface area contributed by atoms with Crippen LogP contribution in [0.5, 0.6) is 0 Å². The number of rotatable bonds is 17. The van der Waals surface area contributed by atoms with Crippen molar-refractivity contribution >= 4 is 0 Å². The van der Waals surface area contributed by atoms with E-state index >= 15 is 0 Å². The van der Waals surface area contributed by atoms with Crippen LogP contribution < -0.4 is 0 Å². The van der Waals surface area contributed by atoms with Gasteiger partial charge in [0.2, 0.25) is 0 Å². The molecule has 1 aliphatic heterocycles. The Kier molecular flexibility index (Phi) is 15.0. The first-order valence-electron chi connectivity index (χ1n) is 11.1. The van der Waals surface area contributed by atoms with Gasteiger partial charge in [-0.25, -0.2) is 0 Å². The van der Waals surface area contributed by atoms with E-state index in [9.17, 15) is 15.3 Å². The summed E-state index contributed by atoms with van der Waals surface area (Å²) in [5.41, 5.74) is 0. The predicted molar refractivity (Wildman–Crippen MR) is 109 cm³/mol. The van der Waals surface area contributed by atoms with Crippen LogP contribution in [-0.2, 0) is 9.47 Å². The Morgan fingerprint density at radius 1 is 0.926 bits per heavy atom. The summed E-state index contributed by atoms with van der Waals surface area (Å²) in [5, 5.41) is 28.7. The van der Waals surface area contributed by atoms with Crippen LogP contribution in [0.1, 0.15) is 84.0 Å². The molecule has 0 radical (unpaired) electrons. The van der Waals surface area contributed by atoms with Crippen LogP contribution in [-0.4, -0.2) is 59.6 Å². The van der Waals surface area contributed by atoms with Crippen LogP contribution in [0.3, 0.4) is 0 Å². The van der Waals surface area contributed by atoms with Gasteiger partial charge >= 0.3 is 0 Å². The van der Waals surface area contributed by atoms with Crippen molar-refractivity contribution in [2.45, 2.75) is 108 Å². The Morgan fingerprint density at radius 2 is 1.52 bits per heavy atom. The number of hydrogen-bond acceptors (Lipinski definition) is 5. The van der Waals surface area contributed by atoms with E-state index in [-0.39, 0.29) is 13.2 Å². The highest BCUT2D eigenvalue weighted by molar-refractivity contribution is 4.88. The maximum absolute atomic E-state index is 9.82. The van der Waals surface area contributed by atoms with Gasteiger partial charge in [0.25, 0.3) is 0 Å². The van der Waals surface area contributed by atoms with Crippen molar-refractivity contribution in [3.05, 3.63) is 12.2 Å². The molecule has 0 unspecified atom stereocenters. The summed E-state index contributed by atoms with van der Waals surface area (Å²) in [6.07, 6.45) is 16.5. The number of hydrogen-bond donors (Lipinski definition) is 3. The molecule has 4 atom stereocenters. The lowest BCUT2D eigenvalue weighted by molar-refractivity contribution is -0.101. The molecule has 3 N–H and O–H groups in total. The minimum atomic E-state index is -0.977. The topological polar surface area (TPSA) is 79.2 Å². The molecule has 0 bridgehead atoms. The van der Waals surface area contributed by atoms with Gasteiger partial charge in [-0.05, 0) is 25.7 Å². The van der Waals surface area contributed by atoms with Gasteiger partial charge in [0.05, 0.1) is 13.2 Å². The molecule has 0 aliphatic carbocycles. The highest BCUT2D eigenvalue weighted by Crippen LogP contribution is 2.20. The first kappa shape index (κ1) is 24.6. The first-order valence-corrected chi connectivity index (χ1v) is 11.1. The maximum atomic E-state index is 9.82. The Hall–Kier alpha value is -0.460. The van der Waals surface area contributed by atoms with Crippen molar-refractivity contribution in [3.63, 3.8) is 0 Å². The molecule has 0 aromatic carbocycles. The lowest BCUT2D eigenvalue weighted by Gasteiger charge is -2.24. The summed E-state index contributed by atoms with van der Waals surface area (Å²) in [6.45, 7) is 2.66. The Balaban J connectivity index is 1.87. The van der Waals surface area contributed by atoms with Crippen LogP contribution in [0, 0.1) is 0 Å². The van der Waals surface area contributed by atoms with E-state index in [0.29, 0.717) is 6.61 Å². The Bertz CT molecular complexity index is 361. The summed E-state index contributed by atoms with van der Waals surface area (Å²) in [4.78, 5) is 0. The second-order valence-corrected chi connectivity index (χ2v) is 7.68. The highest BCUT2D eigenvalue weighted by atomic mass is 16.6. The first-order chi connectivity index (χ1) is 13.2. The SMILES string of the molecule is CCC/C=C/CCCCCCCCCCCO[C@@H](CO)[C@@H]1OC[C@@H](O)[C@@H]1O. The lowest BCUT2D eigenvalue weighted by Crippen LogP contribution is -2.42. The summed E-state index contributed by atoms with van der Waals surface area (Å²) in [5.74, 6) is 0. The molecule has 1 aliphatic rings. The Morgan fingerprint density at radius 3 is 2.07 bits per heavy atom. The highest BCUT2D eigenvalue weighted by Gasteiger charge is 2.40. The summed E-state index contributed by atoms with van der Waals surface area (Å²) in [7, 11) is 0. The van der Waals surface area contributed by atoms with Crippen molar-refractivity contribution in [1.82, 2.24) is 0 Å². The van der Waals surface area contributed by atoms with Gasteiger partial charge in [-0.15, -0.1) is 0 Å². The van der Waals surface area contributed by atoms with Gasteiger partial charge in [-0.1, -0.05) is 70.4 Å². The quantitative estimate of drug-likeness (QED) is 0.262. The fourth-order valence-electron chi connectivity index (χ4n) is 3.44. The molecule has 160 valence electrons. The van der Waals surface area contributed by atoms with Gasteiger partial charge < -0.3 is 24.8 Å². The zero-order chi connectivity index (χ0) is 19.7. The number of unbranched alkanes of at least 4 members (excludes halogenated alkanes) is 10. The van der Waals surface area contributed by atoms with Crippen molar-refractivity contribution in [3.8, 4) is 0 Å². The second kappa shape index (κ2) is 16.5. The van der Waals surface area contributed by atoms with Gasteiger partial charge in [-0.3, -0.25) is 0 Å². The molecule has 0 amide bonds. The molecule has 0 saturated carbocycles. The molecule has 1 saturated heterocycles. The average molecular weight is 387 g/mol. The molecule has 0 aromatic heterocycles. The number of ether oxygens (including phenoxy) is 2. The van der Waals surface area contributed by atoms with E-state index in [2.05, 4.69) is 19.1 Å². The molecule has 1 rings (SSSR count). The van der Waals surface area contributed by atoms with E-state index in [1.807, 2.05) is 0 Å². The number of aliphatic hydroxyl groups excluding tert-OH is 3. The van der Waals surface area contributed by atoms with Gasteiger partial charge in [0.15, 0.2) is 0 Å². The average Bonchev–Trinajstić information content (AvgIpc) is 3.00. The minimum Gasteiger partial charge on any atom is -0.394 e. The predicted octanol–water partition coefficient (Wildman–Crippen LogP) is 3.74. The minimum absolute atomic E-state index is 0.0985. The maximum Gasteiger partial charge on any atom is 0.114 e. The zero-order valence-electron chi connectivity index (χ0n) is 17.2. The molecular formula is C22H42O5. The lowest BCUT2D eigenvalue weighted by atomic mass is 10.1. The van der Waals surface area contributed by atoms with Crippen LogP contribution in [0.4, 0.5) is 0 Å². The third-order valence-electron chi connectivity index (χ3n) is 5.21. The molecule has 1 heterocycles. The van der Waals surface area contributed by atoms with Crippen LogP contribution >= 0.6 is 0 Å². The summed E-state index contributed by atoms with van der Waals surface area (Å²) in [6, 6.07) is 0. The normalized spacial score (nSPS) is 24.1. The van der Waals surface area contributed by atoms with Crippen molar-refractivity contribution in [2.24, 2.45) is 0 Å². The molecule has 0 spiro atoms. The monoisotopic (exact) mass is 386 g/mol. The van der Waals surface area contributed by atoms with Crippen LogP contribution in [0.2, 0.25) is 0 Å². The largest absolute Gasteiger partial charge is 0.394 e. The smallest absolute Gasteiger partial charge is 0.114 e. The third kappa shape index (κ3) is 11.2. The Labute approximate surface area is 165 Å². The molecule has 0 aromatic rings. The zero-order valence-corrected chi connectivity index (χ0v) is 17.2. The van der Waals surface area contributed by atoms with Crippen LogP contribution in [0.15, 0.2) is 12.2 Å². The summed E-state index contributed by atoms with van der Waals surface area (Å²) >= 11 is 0. The number of aliphatic hydroxyl groups is 3. The molecular weight excluding hydrogens is 344 g/mol. The van der Waals surface area contributed by atoms with E-state index < -0.39 is 24.4 Å². The van der Waals surface area contributed by atoms with E-state index in [1.54, 1.807) is 0 Å². The third-order valence-corrected chi connectivity index (χ3v) is 5.21. The van der Waals surface area contributed by atoms with Gasteiger partial charge in [0.1, 0.15) is 24.4 Å². The molecule has 5 nitrogen and oxygen atoms in total. The molecule has 27 heavy (non-hydrogen) atoms. The fraction of sp³-hybridized carbons (Fsp3) is 0.909. The van der Waals surface area contributed by atoms with Gasteiger partial charge in [0, 0.05) is 6.61 Å². The molecule has 1 fully saturated rings. The standard InChI is InChI=1S/C22H42O5/c1-2-3-4-5-6-7-8-9-10-11-12-13-14-15-16-26-20(17-23)22-21(25)19(24)18-27-22/h4-5,19-25H,2-3,6-18H2,1H3/b5-4+/t19-,20+,21+,22+/m1/s1. The second-order valence-electron chi connectivity index (χ2n) is 7.68. The van der Waals surface area contributed by atoms with Crippen molar-refractivity contribution in [1.29, 1.82) is 0 Å². The van der Waals surface area contributed by atoms with Crippen LogP contribution in [0.25, 0.3) is 0 Å². The van der Waals surface area contributed by atoms with E-state index in [0.717, 1.165) is 12.8 Å². The fourth-order valence-corrected chi connectivity index (χ4v) is 3.44. The van der Waals surface area contributed by atoms with Crippen molar-refractivity contribution in [2.75, 3.05) is 19.8 Å². The van der Waals surface area contributed by atoms with E-state index in [4.69, 9.17) is 9.47 Å². The number of allylic oxidation sites excluding steroid dienone is 2.